The molecule has 0 nitrogen and oxygen atoms in total. The van der Waals surface area contributed by atoms with Gasteiger partial charge in [-0.25, -0.2) is 0 Å². The highest BCUT2D eigenvalue weighted by Gasteiger charge is 2.02. The molecule has 0 N–H and O–H groups in total. The van der Waals surface area contributed by atoms with Gasteiger partial charge in [0.25, 0.3) is 0 Å². The number of halogens is 2. The van der Waals surface area contributed by atoms with Gasteiger partial charge in [-0.1, -0.05) is 19.9 Å². The van der Waals surface area contributed by atoms with Crippen LogP contribution in [0.3, 0.4) is 0 Å². The molecule has 0 spiro atoms. The quantitative estimate of drug-likeness (QED) is 0.532. The first-order chi connectivity index (χ1) is 4.16. The summed E-state index contributed by atoms with van der Waals surface area (Å²) in [5.74, 6) is 0. The Bertz CT molecular complexity index is 90.9. The lowest BCUT2D eigenvalue weighted by Crippen LogP contribution is -1.95. The highest BCUT2D eigenvalue weighted by atomic mass is 127. The van der Waals surface area contributed by atoms with Gasteiger partial charge in [0.1, 0.15) is 0 Å². The normalized spacial score (nSPS) is 13.2. The van der Waals surface area contributed by atoms with Gasteiger partial charge in [0.15, 0.2) is 0 Å². The lowest BCUT2D eigenvalue weighted by atomic mass is 10.2. The van der Waals surface area contributed by atoms with E-state index in [1.54, 1.807) is 0 Å². The van der Waals surface area contributed by atoms with Crippen molar-refractivity contribution in [1.82, 2.24) is 0 Å². The number of allylic oxidation sites excluding steroid dienone is 1. The molecule has 54 valence electrons. The van der Waals surface area contributed by atoms with Crippen LogP contribution in [0.25, 0.3) is 0 Å². The molecule has 0 aromatic rings. The molecule has 0 rings (SSSR count). The van der Waals surface area contributed by atoms with Crippen LogP contribution in [0.4, 0.5) is 0 Å². The highest BCUT2D eigenvalue weighted by Crippen LogP contribution is 2.18. The summed E-state index contributed by atoms with van der Waals surface area (Å²) < 4.78 is 1.15. The van der Waals surface area contributed by atoms with E-state index in [0.717, 1.165) is 22.8 Å². The van der Waals surface area contributed by atoms with Crippen LogP contribution in [-0.4, -0.2) is 5.38 Å². The first-order valence-electron chi connectivity index (χ1n) is 3.14. The third-order valence-corrected chi connectivity index (χ3v) is 1.86. The Labute approximate surface area is 75.8 Å². The molecule has 0 saturated heterocycles. The highest BCUT2D eigenvalue weighted by molar-refractivity contribution is 14.1. The van der Waals surface area contributed by atoms with E-state index < -0.39 is 0 Å². The third kappa shape index (κ3) is 6.65. The number of hydrogen-bond donors (Lipinski definition) is 0. The molecule has 0 fully saturated rings. The van der Waals surface area contributed by atoms with Crippen molar-refractivity contribution >= 4 is 34.2 Å². The van der Waals surface area contributed by atoms with Crippen LogP contribution >= 0.6 is 34.2 Å². The van der Waals surface area contributed by atoms with E-state index in [-0.39, 0.29) is 0 Å². The second-order valence-electron chi connectivity index (χ2n) is 2.11. The molecule has 9 heavy (non-hydrogen) atoms. The SMILES string of the molecule is C=C(I)C[C@H](Cl)CCC. The number of hydrogen-bond acceptors (Lipinski definition) is 0. The van der Waals surface area contributed by atoms with E-state index in [4.69, 9.17) is 11.6 Å². The predicted molar refractivity (Wildman–Crippen MR) is 52.3 cm³/mol. The summed E-state index contributed by atoms with van der Waals surface area (Å²) in [5, 5.41) is 0.305. The zero-order chi connectivity index (χ0) is 7.28. The molecule has 2 heteroatoms. The lowest BCUT2D eigenvalue weighted by Gasteiger charge is -2.04. The minimum atomic E-state index is 0.305. The van der Waals surface area contributed by atoms with Crippen molar-refractivity contribution in [1.29, 1.82) is 0 Å². The molecule has 0 amide bonds. The molecule has 0 unspecified atom stereocenters. The molecule has 0 radical (unpaired) electrons. The summed E-state index contributed by atoms with van der Waals surface area (Å²) in [4.78, 5) is 0. The van der Waals surface area contributed by atoms with Gasteiger partial charge >= 0.3 is 0 Å². The number of rotatable bonds is 4. The number of alkyl halides is 1. The minimum absolute atomic E-state index is 0.305. The van der Waals surface area contributed by atoms with Gasteiger partial charge in [0, 0.05) is 5.38 Å². The first-order valence-corrected chi connectivity index (χ1v) is 4.65. The van der Waals surface area contributed by atoms with E-state index in [1.165, 1.54) is 0 Å². The zero-order valence-corrected chi connectivity index (χ0v) is 8.58. The first kappa shape index (κ1) is 9.76. The summed E-state index contributed by atoms with van der Waals surface area (Å²) in [6, 6.07) is 0. The van der Waals surface area contributed by atoms with Crippen LogP contribution in [0.2, 0.25) is 0 Å². The fourth-order valence-electron chi connectivity index (χ4n) is 0.656. The van der Waals surface area contributed by atoms with Crippen molar-refractivity contribution in [3.05, 3.63) is 10.2 Å². The molecular weight excluding hydrogens is 246 g/mol. The minimum Gasteiger partial charge on any atom is -0.123 e. The van der Waals surface area contributed by atoms with E-state index in [1.807, 2.05) is 0 Å². The maximum absolute atomic E-state index is 5.91. The van der Waals surface area contributed by atoms with Gasteiger partial charge in [-0.2, -0.15) is 0 Å². The van der Waals surface area contributed by atoms with Crippen LogP contribution in [0, 0.1) is 0 Å². The van der Waals surface area contributed by atoms with Gasteiger partial charge in [0.2, 0.25) is 0 Å². The predicted octanol–water partition coefficient (Wildman–Crippen LogP) is 3.73. The molecular formula is C7H12ClI. The van der Waals surface area contributed by atoms with Crippen molar-refractivity contribution in [2.75, 3.05) is 0 Å². The maximum Gasteiger partial charge on any atom is 0.0380 e. The third-order valence-electron chi connectivity index (χ3n) is 1.04. The van der Waals surface area contributed by atoms with Gasteiger partial charge < -0.3 is 0 Å². The van der Waals surface area contributed by atoms with E-state index in [9.17, 15) is 0 Å². The second-order valence-corrected chi connectivity index (χ2v) is 4.25. The molecule has 0 aromatic heterocycles. The smallest absolute Gasteiger partial charge is 0.0380 e. The fraction of sp³-hybridized carbons (Fsp3) is 0.714. The van der Waals surface area contributed by atoms with E-state index in [0.29, 0.717) is 5.38 Å². The van der Waals surface area contributed by atoms with E-state index in [2.05, 4.69) is 36.1 Å². The Kier molecular flexibility index (Phi) is 6.01. The summed E-state index contributed by atoms with van der Waals surface area (Å²) in [7, 11) is 0. The molecule has 0 bridgehead atoms. The van der Waals surface area contributed by atoms with Crippen molar-refractivity contribution in [3.8, 4) is 0 Å². The Morgan fingerprint density at radius 1 is 1.78 bits per heavy atom. The van der Waals surface area contributed by atoms with Crippen molar-refractivity contribution in [3.63, 3.8) is 0 Å². The molecule has 0 aliphatic heterocycles. The summed E-state index contributed by atoms with van der Waals surface area (Å²) in [6.07, 6.45) is 3.22. The molecule has 0 aliphatic rings. The van der Waals surface area contributed by atoms with Gasteiger partial charge in [0.05, 0.1) is 0 Å². The Morgan fingerprint density at radius 2 is 2.33 bits per heavy atom. The Hall–Kier alpha value is 0.760. The van der Waals surface area contributed by atoms with Crippen LogP contribution in [0.1, 0.15) is 26.2 Å². The summed E-state index contributed by atoms with van der Waals surface area (Å²) in [6.45, 7) is 5.92. The van der Waals surface area contributed by atoms with Crippen LogP contribution < -0.4 is 0 Å². The largest absolute Gasteiger partial charge is 0.123 e. The second kappa shape index (κ2) is 5.54. The molecule has 0 aliphatic carbocycles. The van der Waals surface area contributed by atoms with Crippen LogP contribution in [-0.2, 0) is 0 Å². The average molecular weight is 259 g/mol. The Balaban J connectivity index is 3.26. The van der Waals surface area contributed by atoms with Gasteiger partial charge in [-0.15, -0.1) is 11.6 Å². The fourth-order valence-corrected chi connectivity index (χ4v) is 1.85. The van der Waals surface area contributed by atoms with Crippen LogP contribution in [0.5, 0.6) is 0 Å². The van der Waals surface area contributed by atoms with Gasteiger partial charge in [-0.05, 0) is 39.0 Å². The topological polar surface area (TPSA) is 0 Å². The van der Waals surface area contributed by atoms with Crippen molar-refractivity contribution < 1.29 is 0 Å². The van der Waals surface area contributed by atoms with E-state index >= 15 is 0 Å². The average Bonchev–Trinajstić information content (AvgIpc) is 1.63. The Morgan fingerprint density at radius 3 is 2.67 bits per heavy atom. The molecule has 0 aromatic carbocycles. The monoisotopic (exact) mass is 258 g/mol. The summed E-state index contributed by atoms with van der Waals surface area (Å²) in [5.41, 5.74) is 0. The zero-order valence-electron chi connectivity index (χ0n) is 5.66. The lowest BCUT2D eigenvalue weighted by molar-refractivity contribution is 0.737. The van der Waals surface area contributed by atoms with Crippen molar-refractivity contribution in [2.45, 2.75) is 31.6 Å². The standard InChI is InChI=1S/C7H12ClI/c1-3-4-7(8)5-6(2)9/h7H,2-5H2,1H3/t7-/m1/s1. The summed E-state index contributed by atoms with van der Waals surface area (Å²) >= 11 is 8.13. The van der Waals surface area contributed by atoms with Gasteiger partial charge in [-0.3, -0.25) is 0 Å². The maximum atomic E-state index is 5.91. The van der Waals surface area contributed by atoms with Crippen molar-refractivity contribution in [2.24, 2.45) is 0 Å². The molecule has 0 heterocycles. The van der Waals surface area contributed by atoms with Crippen LogP contribution in [0.15, 0.2) is 10.2 Å². The molecule has 0 saturated carbocycles. The molecule has 1 atom stereocenters.